The number of rotatable bonds is 8. The van der Waals surface area contributed by atoms with Crippen LogP contribution in [-0.2, 0) is 31.6 Å². The highest BCUT2D eigenvalue weighted by molar-refractivity contribution is 7.66. The van der Waals surface area contributed by atoms with Gasteiger partial charge in [0.2, 0.25) is 0 Å². The van der Waals surface area contributed by atoms with Gasteiger partial charge in [0.15, 0.2) is 11.5 Å². The van der Waals surface area contributed by atoms with Gasteiger partial charge in [-0.2, -0.15) is 8.62 Å². The Morgan fingerprint density at radius 2 is 1.67 bits per heavy atom. The highest BCUT2D eigenvalue weighted by Crippen LogP contribution is 2.66. The van der Waals surface area contributed by atoms with Crippen LogP contribution in [0, 0.1) is 0 Å². The molecule has 1 saturated heterocycles. The van der Waals surface area contributed by atoms with Crippen molar-refractivity contribution in [1.82, 2.24) is 19.5 Å². The van der Waals surface area contributed by atoms with Gasteiger partial charge >= 0.3 is 23.5 Å². The standard InChI is InChI=1S/C10H16N5O11P3.2C2H6/c11-9-8-10(13-4-12-9)15(5-14-8)7-2-1-6(24-7)3-23-28(19,20)26-29(21,22)25-27(16,17)18;2*1-2/h4-7H,1-3H2,(H,19,20)(H,21,22)(H2,11,12,13)(H2,16,17,18);2*1-2H3/t6-,7?;;/m0../s1. The Kier molecular flexibility index (Phi) is 11.2. The van der Waals surface area contributed by atoms with Gasteiger partial charge in [-0.1, -0.05) is 27.7 Å². The van der Waals surface area contributed by atoms with Gasteiger partial charge in [0.25, 0.3) is 0 Å². The molecule has 0 bridgehead atoms. The normalized spacial score (nSPS) is 21.8. The number of anilines is 1. The van der Waals surface area contributed by atoms with Crippen molar-refractivity contribution >= 4 is 40.4 Å². The molecule has 0 aliphatic carbocycles. The second kappa shape index (κ2) is 12.4. The molecule has 2 aromatic rings. The maximum Gasteiger partial charge on any atom is 0.490 e. The van der Waals surface area contributed by atoms with Gasteiger partial charge < -0.3 is 30.0 Å². The molecule has 1 aliphatic heterocycles. The Bertz CT molecular complexity index is 1040. The van der Waals surface area contributed by atoms with E-state index in [0.29, 0.717) is 24.0 Å². The number of nitrogens with two attached hydrogens (primary N) is 1. The Morgan fingerprint density at radius 3 is 2.27 bits per heavy atom. The van der Waals surface area contributed by atoms with E-state index in [-0.39, 0.29) is 5.82 Å². The summed E-state index contributed by atoms with van der Waals surface area (Å²) in [5.41, 5.74) is 6.53. The number of phosphoric ester groups is 1. The number of hydrogen-bond acceptors (Lipinski definition) is 11. The molecule has 0 radical (unpaired) electrons. The zero-order valence-corrected chi connectivity index (χ0v) is 21.0. The van der Waals surface area contributed by atoms with Crippen molar-refractivity contribution in [1.29, 1.82) is 0 Å². The van der Waals surface area contributed by atoms with Gasteiger partial charge in [-0.25, -0.2) is 28.6 Å². The number of nitrogens with zero attached hydrogens (tertiary/aromatic N) is 4. The van der Waals surface area contributed by atoms with E-state index >= 15 is 0 Å². The average molecular weight is 535 g/mol. The summed E-state index contributed by atoms with van der Waals surface area (Å²) in [7, 11) is -16.2. The van der Waals surface area contributed by atoms with Crippen molar-refractivity contribution in [3.05, 3.63) is 12.7 Å². The van der Waals surface area contributed by atoms with E-state index in [0.717, 1.165) is 0 Å². The predicted octanol–water partition coefficient (Wildman–Crippen LogP) is 2.48. The SMILES string of the molecule is CC.CC.Nc1ncnc2c1ncn2C1CC[C@@H](COP(=O)(O)OP(=O)(O)OP(=O)(O)O)O1. The number of ether oxygens (including phenoxy) is 1. The molecule has 0 amide bonds. The molecule has 19 heteroatoms. The van der Waals surface area contributed by atoms with E-state index in [9.17, 15) is 18.6 Å². The zero-order valence-electron chi connectivity index (χ0n) is 18.3. The molecule has 0 saturated carbocycles. The molecule has 4 atom stereocenters. The summed E-state index contributed by atoms with van der Waals surface area (Å²) >= 11 is 0. The first-order chi connectivity index (χ1) is 15.4. The van der Waals surface area contributed by atoms with Crippen LogP contribution in [0.3, 0.4) is 0 Å². The van der Waals surface area contributed by atoms with Gasteiger partial charge in [0.05, 0.1) is 19.0 Å². The van der Waals surface area contributed by atoms with Crippen molar-refractivity contribution in [3.63, 3.8) is 0 Å². The minimum absolute atomic E-state index is 0.191. The zero-order chi connectivity index (χ0) is 25.4. The number of hydrogen-bond donors (Lipinski definition) is 5. The van der Waals surface area contributed by atoms with E-state index in [1.165, 1.54) is 12.7 Å². The van der Waals surface area contributed by atoms with Crippen LogP contribution >= 0.6 is 23.5 Å². The molecule has 6 N–H and O–H groups in total. The fraction of sp³-hybridized carbons (Fsp3) is 0.643. The van der Waals surface area contributed by atoms with Crippen LogP contribution in [0.15, 0.2) is 12.7 Å². The van der Waals surface area contributed by atoms with Crippen LogP contribution in [0.25, 0.3) is 11.2 Å². The molecule has 16 nitrogen and oxygen atoms in total. The lowest BCUT2D eigenvalue weighted by molar-refractivity contribution is -0.0205. The van der Waals surface area contributed by atoms with Gasteiger partial charge in [0, 0.05) is 0 Å². The van der Waals surface area contributed by atoms with Gasteiger partial charge in [0.1, 0.15) is 18.1 Å². The maximum absolute atomic E-state index is 11.7. The van der Waals surface area contributed by atoms with Crippen LogP contribution in [0.1, 0.15) is 46.8 Å². The molecule has 33 heavy (non-hydrogen) atoms. The second-order valence-corrected chi connectivity index (χ2v) is 10.2. The van der Waals surface area contributed by atoms with Crippen molar-refractivity contribution in [2.24, 2.45) is 0 Å². The fourth-order valence-electron chi connectivity index (χ4n) is 2.58. The maximum atomic E-state index is 11.7. The largest absolute Gasteiger partial charge is 0.490 e. The first kappa shape index (κ1) is 29.8. The average Bonchev–Trinajstić information content (AvgIpc) is 3.34. The van der Waals surface area contributed by atoms with Crippen LogP contribution in [0.5, 0.6) is 0 Å². The third kappa shape index (κ3) is 9.12. The quantitative estimate of drug-likeness (QED) is 0.305. The number of aromatic nitrogens is 4. The fourth-order valence-corrected chi connectivity index (χ4v) is 5.62. The Morgan fingerprint density at radius 1 is 1.03 bits per heavy atom. The monoisotopic (exact) mass is 535 g/mol. The molecule has 190 valence electrons. The van der Waals surface area contributed by atoms with E-state index in [2.05, 4.69) is 28.1 Å². The first-order valence-electron chi connectivity index (χ1n) is 9.72. The van der Waals surface area contributed by atoms with Gasteiger partial charge in [-0.15, -0.1) is 0 Å². The minimum Gasteiger partial charge on any atom is -0.382 e. The lowest BCUT2D eigenvalue weighted by Crippen LogP contribution is -2.16. The summed E-state index contributed by atoms with van der Waals surface area (Å²) < 4.78 is 52.7. The smallest absolute Gasteiger partial charge is 0.382 e. The number of fused-ring (bicyclic) bond motifs is 1. The third-order valence-electron chi connectivity index (χ3n) is 3.62. The van der Waals surface area contributed by atoms with Crippen molar-refractivity contribution in [2.45, 2.75) is 52.9 Å². The van der Waals surface area contributed by atoms with E-state index in [1.807, 2.05) is 27.7 Å². The van der Waals surface area contributed by atoms with Crippen molar-refractivity contribution < 1.29 is 51.2 Å². The molecule has 0 spiro atoms. The summed E-state index contributed by atoms with van der Waals surface area (Å²) in [6.07, 6.45) is 2.30. The highest BCUT2D eigenvalue weighted by atomic mass is 31.3. The predicted molar refractivity (Wildman–Crippen MR) is 115 cm³/mol. The summed E-state index contributed by atoms with van der Waals surface area (Å²) in [6.45, 7) is 7.48. The molecule has 1 fully saturated rings. The Hall–Kier alpha value is -1.28. The number of phosphoric acid groups is 3. The van der Waals surface area contributed by atoms with Crippen LogP contribution in [0.4, 0.5) is 5.82 Å². The molecule has 0 aromatic carbocycles. The summed E-state index contributed by atoms with van der Waals surface area (Å²) in [6, 6.07) is 0. The molecule has 1 aliphatic rings. The molecule has 2 aromatic heterocycles. The Balaban J connectivity index is 0.00000129. The van der Waals surface area contributed by atoms with Crippen LogP contribution in [-0.4, -0.2) is 51.8 Å². The lowest BCUT2D eigenvalue weighted by atomic mass is 10.2. The second-order valence-electron chi connectivity index (χ2n) is 5.76. The van der Waals surface area contributed by atoms with Gasteiger partial charge in [-0.05, 0) is 12.8 Å². The van der Waals surface area contributed by atoms with Crippen molar-refractivity contribution in [3.8, 4) is 0 Å². The van der Waals surface area contributed by atoms with Crippen LogP contribution < -0.4 is 5.73 Å². The molecule has 3 unspecified atom stereocenters. The third-order valence-corrected chi connectivity index (χ3v) is 7.42. The van der Waals surface area contributed by atoms with E-state index in [1.54, 1.807) is 4.57 Å². The highest BCUT2D eigenvalue weighted by Gasteiger charge is 2.41. The lowest BCUT2D eigenvalue weighted by Gasteiger charge is -2.18. The van der Waals surface area contributed by atoms with Crippen molar-refractivity contribution in [2.75, 3.05) is 12.3 Å². The summed E-state index contributed by atoms with van der Waals surface area (Å²) in [5.74, 6) is 0.191. The summed E-state index contributed by atoms with van der Waals surface area (Å²) in [5, 5.41) is 0. The summed E-state index contributed by atoms with van der Waals surface area (Å²) in [4.78, 5) is 47.6. The molecular weight excluding hydrogens is 507 g/mol. The molecular formula is C14H28N5O11P3. The van der Waals surface area contributed by atoms with E-state index in [4.69, 9.17) is 25.2 Å². The van der Waals surface area contributed by atoms with Gasteiger partial charge in [-0.3, -0.25) is 9.09 Å². The number of nitrogen functional groups attached to an aromatic ring is 1. The number of imidazole rings is 1. The Labute approximate surface area is 189 Å². The molecule has 3 rings (SSSR count). The minimum atomic E-state index is -5.56. The van der Waals surface area contributed by atoms with E-state index < -0.39 is 42.4 Å². The molecule has 3 heterocycles. The van der Waals surface area contributed by atoms with Crippen LogP contribution in [0.2, 0.25) is 0 Å². The first-order valence-corrected chi connectivity index (χ1v) is 14.2. The topological polar surface area (TPSA) is 239 Å².